The summed E-state index contributed by atoms with van der Waals surface area (Å²) in [5.41, 5.74) is 9.23. The van der Waals surface area contributed by atoms with Gasteiger partial charge in [0.05, 0.1) is 17.0 Å². The van der Waals surface area contributed by atoms with E-state index < -0.39 is 0 Å². The number of fused-ring (bicyclic) bond motifs is 1. The molecule has 3 aromatic rings. The summed E-state index contributed by atoms with van der Waals surface area (Å²) in [6.45, 7) is 6.09. The summed E-state index contributed by atoms with van der Waals surface area (Å²) >= 11 is 0. The maximum atomic E-state index is 8.64. The van der Waals surface area contributed by atoms with E-state index in [2.05, 4.69) is 25.6 Å². The molecule has 2 aromatic heterocycles. The van der Waals surface area contributed by atoms with E-state index in [1.807, 2.05) is 52.1 Å². The van der Waals surface area contributed by atoms with Crippen molar-refractivity contribution in [2.45, 2.75) is 26.3 Å². The second-order valence-corrected chi connectivity index (χ2v) is 6.97. The summed E-state index contributed by atoms with van der Waals surface area (Å²) in [6, 6.07) is 7.94. The molecule has 6 N–H and O–H groups in total. The first kappa shape index (κ1) is 16.8. The van der Waals surface area contributed by atoms with Crippen LogP contribution in [0.1, 0.15) is 32.0 Å². The number of H-pyrrole nitrogens is 1. The van der Waals surface area contributed by atoms with Crippen LogP contribution in [-0.2, 0) is 0 Å². The lowest BCUT2D eigenvalue weighted by atomic mass is 10.1. The lowest BCUT2D eigenvalue weighted by Crippen LogP contribution is -2.28. The van der Waals surface area contributed by atoms with Gasteiger partial charge in [0.1, 0.15) is 18.0 Å². The molecule has 0 spiro atoms. The molecular weight excluding hydrogens is 314 g/mol. The van der Waals surface area contributed by atoms with Gasteiger partial charge in [0.15, 0.2) is 0 Å². The minimum Gasteiger partial charge on any atom is -0.388 e. The predicted octanol–water partition coefficient (Wildman–Crippen LogP) is 3.21. The van der Waals surface area contributed by atoms with E-state index in [4.69, 9.17) is 11.1 Å². The molecule has 0 fully saturated rings. The van der Waals surface area contributed by atoms with Crippen LogP contribution in [0.25, 0.3) is 10.9 Å². The number of nitrogens with two attached hydrogens (primary N) is 1. The Labute approximate surface area is 146 Å². The third-order valence-electron chi connectivity index (χ3n) is 3.80. The third-order valence-corrected chi connectivity index (χ3v) is 3.80. The van der Waals surface area contributed by atoms with Gasteiger partial charge in [-0.25, -0.2) is 9.97 Å². The molecule has 0 radical (unpaired) electrons. The Morgan fingerprint density at radius 1 is 1.20 bits per heavy atom. The van der Waals surface area contributed by atoms with Crippen LogP contribution in [0.5, 0.6) is 0 Å². The third kappa shape index (κ3) is 3.40. The van der Waals surface area contributed by atoms with E-state index in [0.29, 0.717) is 17.1 Å². The number of rotatable bonds is 4. The van der Waals surface area contributed by atoms with Gasteiger partial charge in [-0.15, -0.1) is 0 Å². The number of aromatic amines is 1. The van der Waals surface area contributed by atoms with Crippen molar-refractivity contribution in [2.75, 3.05) is 23.4 Å². The van der Waals surface area contributed by atoms with Crippen LogP contribution in [-0.4, -0.2) is 33.3 Å². The van der Waals surface area contributed by atoms with Crippen molar-refractivity contribution in [3.63, 3.8) is 0 Å². The quantitative estimate of drug-likeness (QED) is 0.469. The van der Waals surface area contributed by atoms with Crippen LogP contribution in [0.2, 0.25) is 0 Å². The van der Waals surface area contributed by atoms with E-state index in [1.54, 1.807) is 0 Å². The van der Waals surface area contributed by atoms with Gasteiger partial charge >= 0.3 is 0 Å². The van der Waals surface area contributed by atoms with Gasteiger partial charge in [-0.3, -0.25) is 5.41 Å². The number of nitrogens with one attached hydrogen (secondary N) is 4. The molecule has 2 heterocycles. The fraction of sp³-hybridized carbons (Fsp3) is 0.278. The highest BCUT2D eigenvalue weighted by atomic mass is 15.1. The molecule has 0 saturated heterocycles. The van der Waals surface area contributed by atoms with Gasteiger partial charge in [-0.05, 0) is 39.0 Å². The molecule has 0 atom stereocenters. The van der Waals surface area contributed by atoms with Gasteiger partial charge in [-0.2, -0.15) is 0 Å². The zero-order chi connectivity index (χ0) is 18.2. The topological polar surface area (TPSA) is 116 Å². The SMILES string of the molecule is CNc1ccc2cc(C(=N)c3c(N)ncnc3NC(C)(C)C)[nH]c2c1. The molecule has 0 amide bonds. The maximum Gasteiger partial charge on any atom is 0.141 e. The van der Waals surface area contributed by atoms with Crippen LogP contribution in [0, 0.1) is 5.41 Å². The second-order valence-electron chi connectivity index (χ2n) is 6.97. The molecule has 7 nitrogen and oxygen atoms in total. The molecule has 0 saturated carbocycles. The van der Waals surface area contributed by atoms with E-state index in [9.17, 15) is 0 Å². The summed E-state index contributed by atoms with van der Waals surface area (Å²) < 4.78 is 0. The fourth-order valence-electron chi connectivity index (χ4n) is 2.65. The van der Waals surface area contributed by atoms with Crippen molar-refractivity contribution in [3.05, 3.63) is 41.9 Å². The van der Waals surface area contributed by atoms with Crippen molar-refractivity contribution in [2.24, 2.45) is 0 Å². The van der Waals surface area contributed by atoms with Gasteiger partial charge in [0.2, 0.25) is 0 Å². The first-order chi connectivity index (χ1) is 11.8. The minimum absolute atomic E-state index is 0.210. The van der Waals surface area contributed by atoms with Crippen molar-refractivity contribution in [3.8, 4) is 0 Å². The molecule has 3 rings (SSSR count). The van der Waals surface area contributed by atoms with Gasteiger partial charge < -0.3 is 21.4 Å². The maximum absolute atomic E-state index is 8.64. The van der Waals surface area contributed by atoms with Crippen molar-refractivity contribution in [1.82, 2.24) is 15.0 Å². The van der Waals surface area contributed by atoms with Gasteiger partial charge in [0.25, 0.3) is 0 Å². The van der Waals surface area contributed by atoms with E-state index in [0.717, 1.165) is 16.6 Å². The number of nitrogens with zero attached hydrogens (tertiary/aromatic N) is 2. The minimum atomic E-state index is -0.210. The molecule has 0 aliphatic carbocycles. The summed E-state index contributed by atoms with van der Waals surface area (Å²) in [4.78, 5) is 11.6. The predicted molar refractivity (Wildman–Crippen MR) is 104 cm³/mol. The first-order valence-corrected chi connectivity index (χ1v) is 8.07. The highest BCUT2D eigenvalue weighted by molar-refractivity contribution is 6.16. The molecule has 1 aromatic carbocycles. The Hall–Kier alpha value is -3.09. The summed E-state index contributed by atoms with van der Waals surface area (Å²) in [6.07, 6.45) is 1.41. The monoisotopic (exact) mass is 337 g/mol. The Balaban J connectivity index is 2.06. The Bertz CT molecular complexity index is 934. The first-order valence-electron chi connectivity index (χ1n) is 8.07. The van der Waals surface area contributed by atoms with Crippen LogP contribution in [0.4, 0.5) is 17.3 Å². The summed E-state index contributed by atoms with van der Waals surface area (Å²) in [5.74, 6) is 0.834. The average molecular weight is 337 g/mol. The number of nitrogen functional groups attached to an aromatic ring is 1. The van der Waals surface area contributed by atoms with E-state index in [-0.39, 0.29) is 17.1 Å². The zero-order valence-electron chi connectivity index (χ0n) is 14.9. The highest BCUT2D eigenvalue weighted by Crippen LogP contribution is 2.26. The number of hydrogen-bond acceptors (Lipinski definition) is 6. The van der Waals surface area contributed by atoms with Crippen LogP contribution in [0.15, 0.2) is 30.6 Å². The lowest BCUT2D eigenvalue weighted by Gasteiger charge is -2.23. The van der Waals surface area contributed by atoms with E-state index >= 15 is 0 Å². The van der Waals surface area contributed by atoms with Crippen LogP contribution in [0.3, 0.4) is 0 Å². The van der Waals surface area contributed by atoms with Crippen LogP contribution >= 0.6 is 0 Å². The standard InChI is InChI=1S/C18H23N7/c1-18(2,3)25-17-14(16(20)22-9-23-17)15(19)13-7-10-5-6-11(21-4)8-12(10)24-13/h5-9,19,21,24H,1-4H3,(H3,20,22,23,25). The highest BCUT2D eigenvalue weighted by Gasteiger charge is 2.21. The van der Waals surface area contributed by atoms with Crippen molar-refractivity contribution < 1.29 is 0 Å². The summed E-state index contributed by atoms with van der Waals surface area (Å²) in [7, 11) is 1.87. The Morgan fingerprint density at radius 2 is 1.96 bits per heavy atom. The molecule has 25 heavy (non-hydrogen) atoms. The van der Waals surface area contributed by atoms with Crippen molar-refractivity contribution in [1.29, 1.82) is 5.41 Å². The summed E-state index contributed by atoms with van der Waals surface area (Å²) in [5, 5.41) is 16.1. The van der Waals surface area contributed by atoms with Crippen LogP contribution < -0.4 is 16.4 Å². The normalized spacial score (nSPS) is 11.5. The van der Waals surface area contributed by atoms with Crippen molar-refractivity contribution >= 4 is 33.9 Å². The average Bonchev–Trinajstić information content (AvgIpc) is 2.96. The number of aromatic nitrogens is 3. The molecule has 0 bridgehead atoms. The molecule has 7 heteroatoms. The van der Waals surface area contributed by atoms with Gasteiger partial charge in [0, 0.05) is 29.2 Å². The largest absolute Gasteiger partial charge is 0.388 e. The lowest BCUT2D eigenvalue weighted by molar-refractivity contribution is 0.630. The number of benzene rings is 1. The number of hydrogen-bond donors (Lipinski definition) is 5. The van der Waals surface area contributed by atoms with E-state index in [1.165, 1.54) is 6.33 Å². The second kappa shape index (κ2) is 6.08. The molecule has 0 aliphatic rings. The number of anilines is 3. The van der Waals surface area contributed by atoms with Gasteiger partial charge in [-0.1, -0.05) is 6.07 Å². The zero-order valence-corrected chi connectivity index (χ0v) is 14.9. The Morgan fingerprint density at radius 3 is 2.64 bits per heavy atom. The Kier molecular flexibility index (Phi) is 4.08. The smallest absolute Gasteiger partial charge is 0.141 e. The molecule has 0 aliphatic heterocycles. The molecule has 130 valence electrons. The fourth-order valence-corrected chi connectivity index (χ4v) is 2.65. The molecule has 0 unspecified atom stereocenters. The molecular formula is C18H23N7.